The van der Waals surface area contributed by atoms with E-state index >= 15 is 0 Å². The highest BCUT2D eigenvalue weighted by Crippen LogP contribution is 2.51. The molecule has 0 unspecified atom stereocenters. The number of rotatable bonds is 7. The second-order valence-electron chi connectivity index (χ2n) is 16.5. The summed E-state index contributed by atoms with van der Waals surface area (Å²) < 4.78 is 0. The number of hydrogen-bond acceptors (Lipinski definition) is 1. The van der Waals surface area contributed by atoms with E-state index in [4.69, 9.17) is 0 Å². The first-order chi connectivity index (χ1) is 29.5. The van der Waals surface area contributed by atoms with Crippen molar-refractivity contribution < 1.29 is 0 Å². The molecular weight excluding hydrogens is 723 g/mol. The van der Waals surface area contributed by atoms with Crippen LogP contribution in [-0.4, -0.2) is 0 Å². The van der Waals surface area contributed by atoms with Crippen molar-refractivity contribution in [3.63, 3.8) is 0 Å². The lowest BCUT2D eigenvalue weighted by Gasteiger charge is -2.31. The Morgan fingerprint density at radius 1 is 0.317 bits per heavy atom. The molecule has 0 aliphatic heterocycles. The third-order valence-electron chi connectivity index (χ3n) is 12.7. The molecular formula is C59H43N. The molecule has 0 atom stereocenters. The summed E-state index contributed by atoms with van der Waals surface area (Å²) in [7, 11) is 0. The van der Waals surface area contributed by atoms with Crippen LogP contribution in [0.5, 0.6) is 0 Å². The predicted octanol–water partition coefficient (Wildman–Crippen LogP) is 16.4. The van der Waals surface area contributed by atoms with Crippen molar-refractivity contribution in [2.45, 2.75) is 19.3 Å². The molecule has 284 valence electrons. The lowest BCUT2D eigenvalue weighted by molar-refractivity contribution is 0.660. The molecule has 60 heavy (non-hydrogen) atoms. The van der Waals surface area contributed by atoms with E-state index < -0.39 is 0 Å². The highest BCUT2D eigenvalue weighted by molar-refractivity contribution is 6.07. The SMILES string of the molecule is CC1(C)c2ccccc2-c2ccc(-c3ccc(N(c4ccccc4-c4ccccc4)c4cccc(-c5ccc6ccccc6c5)c4-c4cccc5ccccc45)cc3)cc21. The molecule has 0 spiro atoms. The minimum Gasteiger partial charge on any atom is -0.309 e. The Labute approximate surface area is 352 Å². The van der Waals surface area contributed by atoms with Crippen molar-refractivity contribution in [2.75, 3.05) is 4.90 Å². The Balaban J connectivity index is 1.14. The van der Waals surface area contributed by atoms with Crippen molar-refractivity contribution >= 4 is 38.6 Å². The van der Waals surface area contributed by atoms with Crippen LogP contribution in [0.25, 0.3) is 77.2 Å². The first kappa shape index (κ1) is 35.7. The summed E-state index contributed by atoms with van der Waals surface area (Å²) in [6.07, 6.45) is 0. The van der Waals surface area contributed by atoms with Crippen LogP contribution in [0.1, 0.15) is 25.0 Å². The van der Waals surface area contributed by atoms with Crippen LogP contribution in [0.2, 0.25) is 0 Å². The van der Waals surface area contributed by atoms with Gasteiger partial charge in [-0.3, -0.25) is 0 Å². The molecule has 0 fully saturated rings. The van der Waals surface area contributed by atoms with E-state index in [1.807, 2.05) is 0 Å². The summed E-state index contributed by atoms with van der Waals surface area (Å²) >= 11 is 0. The second-order valence-corrected chi connectivity index (χ2v) is 16.5. The van der Waals surface area contributed by atoms with Gasteiger partial charge in [0.15, 0.2) is 0 Å². The standard InChI is InChI=1S/C59H43N/c1-59(2)54-27-12-10-24-51(54)52-37-34-45(39-55(52)59)41-32-35-47(36-33-41)60(56-28-13-11-23-49(56)43-17-4-3-5-18-43)57-29-15-25-50(46-31-30-40-16-6-7-20-44(40)38-46)58(57)53-26-14-21-42-19-8-9-22-48(42)53/h3-39H,1-2H3. The normalized spacial score (nSPS) is 12.6. The first-order valence-corrected chi connectivity index (χ1v) is 20.9. The summed E-state index contributed by atoms with van der Waals surface area (Å²) in [5.74, 6) is 0. The van der Waals surface area contributed by atoms with E-state index in [1.165, 1.54) is 88.3 Å². The molecule has 1 nitrogen and oxygen atoms in total. The van der Waals surface area contributed by atoms with Crippen LogP contribution < -0.4 is 4.90 Å². The number of para-hydroxylation sites is 1. The molecule has 0 radical (unpaired) electrons. The molecule has 0 aromatic heterocycles. The average Bonchev–Trinajstić information content (AvgIpc) is 3.54. The number of anilines is 3. The van der Waals surface area contributed by atoms with Crippen molar-refractivity contribution in [3.8, 4) is 55.6 Å². The lowest BCUT2D eigenvalue weighted by atomic mass is 9.81. The molecule has 0 bridgehead atoms. The van der Waals surface area contributed by atoms with Gasteiger partial charge in [0.2, 0.25) is 0 Å². The molecule has 0 amide bonds. The summed E-state index contributed by atoms with van der Waals surface area (Å²) in [6, 6.07) is 82.6. The van der Waals surface area contributed by atoms with E-state index in [0.717, 1.165) is 17.1 Å². The second kappa shape index (κ2) is 14.4. The Hall–Kier alpha value is -7.48. The first-order valence-electron chi connectivity index (χ1n) is 20.9. The van der Waals surface area contributed by atoms with Crippen LogP contribution >= 0.6 is 0 Å². The lowest BCUT2D eigenvalue weighted by Crippen LogP contribution is -2.14. The van der Waals surface area contributed by atoms with E-state index in [-0.39, 0.29) is 5.41 Å². The van der Waals surface area contributed by atoms with E-state index in [1.54, 1.807) is 0 Å². The highest BCUT2D eigenvalue weighted by Gasteiger charge is 2.35. The highest BCUT2D eigenvalue weighted by atomic mass is 15.1. The van der Waals surface area contributed by atoms with Crippen molar-refractivity contribution in [3.05, 3.63) is 236 Å². The molecule has 1 heteroatoms. The molecule has 0 N–H and O–H groups in total. The summed E-state index contributed by atoms with van der Waals surface area (Å²) in [6.45, 7) is 4.71. The van der Waals surface area contributed by atoms with Crippen LogP contribution in [-0.2, 0) is 5.41 Å². The Morgan fingerprint density at radius 3 is 1.75 bits per heavy atom. The maximum Gasteiger partial charge on any atom is 0.0546 e. The molecule has 11 rings (SSSR count). The maximum atomic E-state index is 2.48. The summed E-state index contributed by atoms with van der Waals surface area (Å²) in [5, 5.41) is 4.90. The van der Waals surface area contributed by atoms with Gasteiger partial charge < -0.3 is 4.90 Å². The topological polar surface area (TPSA) is 3.24 Å². The minimum absolute atomic E-state index is 0.0616. The monoisotopic (exact) mass is 765 g/mol. The van der Waals surface area contributed by atoms with Crippen LogP contribution in [0.3, 0.4) is 0 Å². The van der Waals surface area contributed by atoms with Gasteiger partial charge in [-0.25, -0.2) is 0 Å². The van der Waals surface area contributed by atoms with Crippen molar-refractivity contribution in [2.24, 2.45) is 0 Å². The van der Waals surface area contributed by atoms with Crippen LogP contribution in [0.15, 0.2) is 224 Å². The zero-order valence-electron chi connectivity index (χ0n) is 33.8. The Kier molecular flexibility index (Phi) is 8.57. The zero-order valence-corrected chi connectivity index (χ0v) is 33.8. The summed E-state index contributed by atoms with van der Waals surface area (Å²) in [5.41, 5.74) is 18.3. The molecule has 0 saturated heterocycles. The van der Waals surface area contributed by atoms with E-state index in [0.29, 0.717) is 0 Å². The van der Waals surface area contributed by atoms with Crippen molar-refractivity contribution in [1.29, 1.82) is 0 Å². The molecule has 0 saturated carbocycles. The Bertz CT molecular complexity index is 3220. The van der Waals surface area contributed by atoms with Gasteiger partial charge in [0, 0.05) is 22.2 Å². The molecule has 1 aliphatic carbocycles. The number of fused-ring (bicyclic) bond motifs is 5. The average molecular weight is 766 g/mol. The molecule has 10 aromatic rings. The van der Waals surface area contributed by atoms with Gasteiger partial charge >= 0.3 is 0 Å². The zero-order chi connectivity index (χ0) is 40.2. The molecule has 0 heterocycles. The van der Waals surface area contributed by atoms with Gasteiger partial charge in [0.05, 0.1) is 11.4 Å². The van der Waals surface area contributed by atoms with Crippen LogP contribution in [0, 0.1) is 0 Å². The van der Waals surface area contributed by atoms with Crippen LogP contribution in [0.4, 0.5) is 17.1 Å². The third kappa shape index (κ3) is 5.93. The quantitative estimate of drug-likeness (QED) is 0.156. The molecule has 10 aromatic carbocycles. The predicted molar refractivity (Wildman–Crippen MR) is 255 cm³/mol. The van der Waals surface area contributed by atoms with Gasteiger partial charge in [-0.15, -0.1) is 0 Å². The van der Waals surface area contributed by atoms with Gasteiger partial charge in [-0.1, -0.05) is 202 Å². The number of hydrogen-bond donors (Lipinski definition) is 0. The fourth-order valence-electron chi connectivity index (χ4n) is 9.68. The van der Waals surface area contributed by atoms with Gasteiger partial charge in [-0.2, -0.15) is 0 Å². The third-order valence-corrected chi connectivity index (χ3v) is 12.7. The minimum atomic E-state index is -0.0616. The van der Waals surface area contributed by atoms with Crippen molar-refractivity contribution in [1.82, 2.24) is 0 Å². The van der Waals surface area contributed by atoms with Gasteiger partial charge in [0.25, 0.3) is 0 Å². The smallest absolute Gasteiger partial charge is 0.0546 e. The Morgan fingerprint density at radius 2 is 0.900 bits per heavy atom. The number of nitrogens with zero attached hydrogens (tertiary/aromatic N) is 1. The van der Waals surface area contributed by atoms with E-state index in [9.17, 15) is 0 Å². The molecule has 1 aliphatic rings. The largest absolute Gasteiger partial charge is 0.309 e. The number of benzene rings is 10. The van der Waals surface area contributed by atoms with E-state index in [2.05, 4.69) is 243 Å². The van der Waals surface area contributed by atoms with Gasteiger partial charge in [0.1, 0.15) is 0 Å². The fourth-order valence-corrected chi connectivity index (χ4v) is 9.68. The van der Waals surface area contributed by atoms with Gasteiger partial charge in [-0.05, 0) is 114 Å². The fraction of sp³-hybridized carbons (Fsp3) is 0.0508. The summed E-state index contributed by atoms with van der Waals surface area (Å²) in [4.78, 5) is 2.48. The maximum absolute atomic E-state index is 2.48.